The van der Waals surface area contributed by atoms with Gasteiger partial charge in [-0.1, -0.05) is 36.5 Å². The first-order chi connectivity index (χ1) is 4.81. The van der Waals surface area contributed by atoms with Crippen LogP contribution < -0.4 is 0 Å². The molecule has 0 rings (SSSR count). The molecule has 0 aliphatic carbocycles. The third-order valence-electron chi connectivity index (χ3n) is 1.36. The van der Waals surface area contributed by atoms with Crippen molar-refractivity contribution in [3.8, 4) is 0 Å². The summed E-state index contributed by atoms with van der Waals surface area (Å²) >= 11 is 0. The fourth-order valence-corrected chi connectivity index (χ4v) is 0.657. The Hall–Kier alpha value is -0.780. The minimum absolute atomic E-state index is 1.13. The first-order valence-electron chi connectivity index (χ1n) is 3.71. The molecule has 0 aromatic rings. The Bertz CT molecular complexity index is 138. The molecule has 0 bridgehead atoms. The third-order valence-corrected chi connectivity index (χ3v) is 1.36. The maximum atomic E-state index is 3.67. The SMILES string of the molecule is C=CC(C)=CCCC=CC. The predicted octanol–water partition coefficient (Wildman–Crippen LogP) is 3.48. The monoisotopic (exact) mass is 136 g/mol. The average Bonchev–Trinajstić information content (AvgIpc) is 1.98. The van der Waals surface area contributed by atoms with Crippen molar-refractivity contribution in [3.05, 3.63) is 36.5 Å². The molecule has 0 N–H and O–H groups in total. The molecule has 0 heterocycles. The zero-order valence-corrected chi connectivity index (χ0v) is 6.93. The molecule has 0 aliphatic rings. The molecule has 0 atom stereocenters. The summed E-state index contributed by atoms with van der Waals surface area (Å²) in [6, 6.07) is 0. The Morgan fingerprint density at radius 2 is 2.10 bits per heavy atom. The quantitative estimate of drug-likeness (QED) is 0.315. The van der Waals surface area contributed by atoms with Gasteiger partial charge in [0.05, 0.1) is 0 Å². The van der Waals surface area contributed by atoms with E-state index in [1.165, 1.54) is 5.57 Å². The maximum absolute atomic E-state index is 3.67. The van der Waals surface area contributed by atoms with Crippen molar-refractivity contribution in [3.63, 3.8) is 0 Å². The molecule has 0 heteroatoms. The summed E-state index contributed by atoms with van der Waals surface area (Å²) in [6.45, 7) is 7.79. The summed E-state index contributed by atoms with van der Waals surface area (Å²) in [5, 5.41) is 0. The van der Waals surface area contributed by atoms with Gasteiger partial charge in [0, 0.05) is 0 Å². The van der Waals surface area contributed by atoms with Crippen LogP contribution in [-0.2, 0) is 0 Å². The van der Waals surface area contributed by atoms with Gasteiger partial charge in [0.1, 0.15) is 0 Å². The molecule has 0 nitrogen and oxygen atoms in total. The largest absolute Gasteiger partial charge is 0.0988 e. The van der Waals surface area contributed by atoms with Crippen LogP contribution in [0, 0.1) is 0 Å². The highest BCUT2D eigenvalue weighted by atomic mass is 13.8. The van der Waals surface area contributed by atoms with E-state index < -0.39 is 0 Å². The van der Waals surface area contributed by atoms with E-state index in [4.69, 9.17) is 0 Å². The predicted molar refractivity (Wildman–Crippen MR) is 48.0 cm³/mol. The molecule has 0 radical (unpaired) electrons. The molecular formula is C10H16. The molecule has 0 aliphatic heterocycles. The molecule has 0 unspecified atom stereocenters. The Balaban J connectivity index is 3.42. The lowest BCUT2D eigenvalue weighted by molar-refractivity contribution is 1.04. The lowest BCUT2D eigenvalue weighted by Gasteiger charge is -1.89. The Labute approximate surface area is 64.0 Å². The van der Waals surface area contributed by atoms with E-state index in [-0.39, 0.29) is 0 Å². The van der Waals surface area contributed by atoms with Gasteiger partial charge in [0.25, 0.3) is 0 Å². The van der Waals surface area contributed by atoms with Gasteiger partial charge in [0.2, 0.25) is 0 Å². The van der Waals surface area contributed by atoms with Crippen LogP contribution in [0.25, 0.3) is 0 Å². The van der Waals surface area contributed by atoms with E-state index in [1.54, 1.807) is 0 Å². The van der Waals surface area contributed by atoms with Crippen LogP contribution in [0.2, 0.25) is 0 Å². The molecule has 0 saturated carbocycles. The summed E-state index contributed by atoms with van der Waals surface area (Å²) in [5.74, 6) is 0. The summed E-state index contributed by atoms with van der Waals surface area (Å²) in [6.07, 6.45) is 10.6. The standard InChI is InChI=1S/C10H16/c1-4-6-7-8-9-10(3)5-2/h4-6,9H,2,7-8H2,1,3H3. The summed E-state index contributed by atoms with van der Waals surface area (Å²) < 4.78 is 0. The van der Waals surface area contributed by atoms with Gasteiger partial charge in [-0.3, -0.25) is 0 Å². The van der Waals surface area contributed by atoms with Crippen molar-refractivity contribution in [2.75, 3.05) is 0 Å². The van der Waals surface area contributed by atoms with Gasteiger partial charge in [-0.15, -0.1) is 0 Å². The highest BCUT2D eigenvalue weighted by molar-refractivity contribution is 5.12. The Morgan fingerprint density at radius 1 is 1.40 bits per heavy atom. The van der Waals surface area contributed by atoms with Gasteiger partial charge >= 0.3 is 0 Å². The molecule has 0 aromatic heterocycles. The normalized spacial score (nSPS) is 12.4. The summed E-state index contributed by atoms with van der Waals surface area (Å²) in [7, 11) is 0. The van der Waals surface area contributed by atoms with Gasteiger partial charge < -0.3 is 0 Å². The highest BCUT2D eigenvalue weighted by Crippen LogP contribution is 1.99. The minimum atomic E-state index is 1.13. The second-order valence-corrected chi connectivity index (χ2v) is 2.30. The Morgan fingerprint density at radius 3 is 2.60 bits per heavy atom. The van der Waals surface area contributed by atoms with Gasteiger partial charge in [-0.05, 0) is 26.7 Å². The third kappa shape index (κ3) is 5.36. The van der Waals surface area contributed by atoms with Crippen LogP contribution in [0.1, 0.15) is 26.7 Å². The topological polar surface area (TPSA) is 0 Å². The second kappa shape index (κ2) is 6.34. The van der Waals surface area contributed by atoms with E-state index >= 15 is 0 Å². The summed E-state index contributed by atoms with van der Waals surface area (Å²) in [4.78, 5) is 0. The molecule has 0 spiro atoms. The molecule has 10 heavy (non-hydrogen) atoms. The fraction of sp³-hybridized carbons (Fsp3) is 0.400. The van der Waals surface area contributed by atoms with E-state index in [9.17, 15) is 0 Å². The van der Waals surface area contributed by atoms with Crippen LogP contribution in [0.5, 0.6) is 0 Å². The van der Waals surface area contributed by atoms with E-state index in [0.29, 0.717) is 0 Å². The van der Waals surface area contributed by atoms with Crippen molar-refractivity contribution in [1.82, 2.24) is 0 Å². The van der Waals surface area contributed by atoms with E-state index in [1.807, 2.05) is 13.0 Å². The summed E-state index contributed by atoms with van der Waals surface area (Å²) in [5.41, 5.74) is 1.27. The smallest absolute Gasteiger partial charge is 0.0310 e. The second-order valence-electron chi connectivity index (χ2n) is 2.30. The zero-order chi connectivity index (χ0) is 7.82. The lowest BCUT2D eigenvalue weighted by atomic mass is 10.2. The maximum Gasteiger partial charge on any atom is -0.0310 e. The van der Waals surface area contributed by atoms with Gasteiger partial charge in [0.15, 0.2) is 0 Å². The highest BCUT2D eigenvalue weighted by Gasteiger charge is 1.78. The van der Waals surface area contributed by atoms with Gasteiger partial charge in [-0.2, -0.15) is 0 Å². The van der Waals surface area contributed by atoms with Gasteiger partial charge in [-0.25, -0.2) is 0 Å². The van der Waals surface area contributed by atoms with Crippen molar-refractivity contribution in [1.29, 1.82) is 0 Å². The molecule has 0 amide bonds. The molecular weight excluding hydrogens is 120 g/mol. The number of hydrogen-bond donors (Lipinski definition) is 0. The first kappa shape index (κ1) is 9.22. The van der Waals surface area contributed by atoms with Crippen LogP contribution >= 0.6 is 0 Å². The minimum Gasteiger partial charge on any atom is -0.0988 e. The molecule has 0 aromatic carbocycles. The van der Waals surface area contributed by atoms with Crippen molar-refractivity contribution < 1.29 is 0 Å². The zero-order valence-electron chi connectivity index (χ0n) is 6.93. The number of unbranched alkanes of at least 4 members (excludes halogenated alkanes) is 1. The lowest BCUT2D eigenvalue weighted by Crippen LogP contribution is -1.68. The Kier molecular flexibility index (Phi) is 5.85. The molecule has 0 fully saturated rings. The number of allylic oxidation sites excluding steroid dienone is 5. The van der Waals surface area contributed by atoms with Crippen LogP contribution in [0.4, 0.5) is 0 Å². The van der Waals surface area contributed by atoms with Crippen LogP contribution in [-0.4, -0.2) is 0 Å². The van der Waals surface area contributed by atoms with Crippen LogP contribution in [0.3, 0.4) is 0 Å². The number of rotatable bonds is 4. The first-order valence-corrected chi connectivity index (χ1v) is 3.71. The van der Waals surface area contributed by atoms with E-state index in [0.717, 1.165) is 12.8 Å². The molecule has 0 saturated heterocycles. The van der Waals surface area contributed by atoms with E-state index in [2.05, 4.69) is 31.7 Å². The number of hydrogen-bond acceptors (Lipinski definition) is 0. The van der Waals surface area contributed by atoms with Crippen molar-refractivity contribution in [2.45, 2.75) is 26.7 Å². The van der Waals surface area contributed by atoms with Crippen molar-refractivity contribution in [2.24, 2.45) is 0 Å². The van der Waals surface area contributed by atoms with Crippen molar-refractivity contribution >= 4 is 0 Å². The molecule has 56 valence electrons. The van der Waals surface area contributed by atoms with Crippen LogP contribution in [0.15, 0.2) is 36.5 Å². The fourth-order valence-electron chi connectivity index (χ4n) is 0.657. The average molecular weight is 136 g/mol.